The number of rotatable bonds is 2. The van der Waals surface area contributed by atoms with Crippen molar-refractivity contribution in [3.63, 3.8) is 0 Å². The second-order valence-electron chi connectivity index (χ2n) is 8.56. The zero-order valence-electron chi connectivity index (χ0n) is 17.8. The molecule has 2 N–H and O–H groups in total. The monoisotopic (exact) mass is 472 g/mol. The van der Waals surface area contributed by atoms with Crippen LogP contribution in [0.15, 0.2) is 30.5 Å². The Morgan fingerprint density at radius 2 is 2.03 bits per heavy atom. The first-order valence-electron chi connectivity index (χ1n) is 10.8. The number of carbonyl (C=O) groups excluding carboxylic acids is 1. The molecule has 8 nitrogen and oxygen atoms in total. The van der Waals surface area contributed by atoms with E-state index >= 15 is 0 Å². The van der Waals surface area contributed by atoms with Gasteiger partial charge in [-0.2, -0.15) is 0 Å². The summed E-state index contributed by atoms with van der Waals surface area (Å²) in [6.07, 6.45) is -2.36. The molecule has 1 saturated heterocycles. The molecule has 0 aliphatic carbocycles. The standard InChI is InChI=1S/C23H19F3N4O4/c24-23(25,26)34-12-1-2-13-19-5-11(33-20(13)6-12)3-4-30(19)22(31)17-7-14-15-9-32-10-16(15)21(27)29-18(14)8-28-17/h1-2,6-8,11,19H,3-5,9-10H2,(H2,27,29)/t11-,19+/m1/s1. The van der Waals surface area contributed by atoms with Gasteiger partial charge in [0.1, 0.15) is 29.1 Å². The number of aromatic nitrogens is 2. The Bertz CT molecular complexity index is 1330. The molecule has 5 heterocycles. The molecule has 0 saturated carbocycles. The van der Waals surface area contributed by atoms with Gasteiger partial charge in [0.15, 0.2) is 0 Å². The number of nitrogens with two attached hydrogens (primary N) is 1. The molecule has 176 valence electrons. The molecule has 1 aromatic carbocycles. The third-order valence-corrected chi connectivity index (χ3v) is 6.52. The zero-order chi connectivity index (χ0) is 23.6. The number of hydrogen-bond donors (Lipinski definition) is 1. The lowest BCUT2D eigenvalue weighted by Gasteiger charge is -2.43. The van der Waals surface area contributed by atoms with Gasteiger partial charge in [-0.05, 0) is 23.8 Å². The fourth-order valence-electron chi connectivity index (χ4n) is 4.99. The van der Waals surface area contributed by atoms with Gasteiger partial charge in [0.25, 0.3) is 5.91 Å². The summed E-state index contributed by atoms with van der Waals surface area (Å²) in [4.78, 5) is 24.0. The van der Waals surface area contributed by atoms with Crippen LogP contribution in [-0.2, 0) is 18.0 Å². The summed E-state index contributed by atoms with van der Waals surface area (Å²) in [5.74, 6) is 0.0682. The van der Waals surface area contributed by atoms with Crippen LogP contribution in [0.25, 0.3) is 10.9 Å². The van der Waals surface area contributed by atoms with E-state index in [0.717, 1.165) is 16.5 Å². The quantitative estimate of drug-likeness (QED) is 0.604. The maximum Gasteiger partial charge on any atom is 0.573 e. The molecule has 0 spiro atoms. The fourth-order valence-corrected chi connectivity index (χ4v) is 4.99. The molecule has 6 rings (SSSR count). The summed E-state index contributed by atoms with van der Waals surface area (Å²) in [6, 6.07) is 5.36. The minimum atomic E-state index is -4.80. The molecule has 3 aromatic rings. The molecular weight excluding hydrogens is 453 g/mol. The third kappa shape index (κ3) is 3.47. The van der Waals surface area contributed by atoms with Crippen molar-refractivity contribution in [1.82, 2.24) is 14.9 Å². The van der Waals surface area contributed by atoms with Crippen LogP contribution in [-0.4, -0.2) is 39.8 Å². The van der Waals surface area contributed by atoms with Gasteiger partial charge in [-0.15, -0.1) is 13.2 Å². The number of anilines is 1. The number of amides is 1. The molecule has 0 unspecified atom stereocenters. The number of fused-ring (bicyclic) bond motifs is 7. The molecule has 3 aliphatic heterocycles. The predicted molar refractivity (Wildman–Crippen MR) is 113 cm³/mol. The van der Waals surface area contributed by atoms with Crippen molar-refractivity contribution >= 4 is 22.6 Å². The van der Waals surface area contributed by atoms with Crippen LogP contribution in [0.2, 0.25) is 0 Å². The maximum atomic E-state index is 13.5. The van der Waals surface area contributed by atoms with Crippen molar-refractivity contribution in [3.8, 4) is 11.5 Å². The first-order chi connectivity index (χ1) is 16.3. The van der Waals surface area contributed by atoms with E-state index in [1.807, 2.05) is 0 Å². The average molecular weight is 472 g/mol. The minimum Gasteiger partial charge on any atom is -0.490 e. The number of nitrogen functional groups attached to an aromatic ring is 1. The van der Waals surface area contributed by atoms with Gasteiger partial charge in [0.2, 0.25) is 0 Å². The summed E-state index contributed by atoms with van der Waals surface area (Å²) < 4.78 is 53.3. The molecule has 2 bridgehead atoms. The highest BCUT2D eigenvalue weighted by Gasteiger charge is 2.40. The van der Waals surface area contributed by atoms with Crippen molar-refractivity contribution in [2.24, 2.45) is 0 Å². The molecule has 1 fully saturated rings. The van der Waals surface area contributed by atoms with E-state index in [1.165, 1.54) is 24.4 Å². The molecular formula is C23H19F3N4O4. The summed E-state index contributed by atoms with van der Waals surface area (Å²) in [7, 11) is 0. The number of nitrogens with zero attached hydrogens (tertiary/aromatic N) is 3. The number of alkyl halides is 3. The third-order valence-electron chi connectivity index (χ3n) is 6.52. The highest BCUT2D eigenvalue weighted by Crippen LogP contribution is 2.44. The van der Waals surface area contributed by atoms with E-state index in [1.54, 1.807) is 11.0 Å². The van der Waals surface area contributed by atoms with Gasteiger partial charge >= 0.3 is 6.36 Å². The molecule has 2 aromatic heterocycles. The Morgan fingerprint density at radius 1 is 1.21 bits per heavy atom. The molecule has 2 atom stereocenters. The predicted octanol–water partition coefficient (Wildman–Crippen LogP) is 3.88. The molecule has 0 radical (unpaired) electrons. The number of hydrogen-bond acceptors (Lipinski definition) is 7. The largest absolute Gasteiger partial charge is 0.573 e. The Kier molecular flexibility index (Phi) is 4.60. The van der Waals surface area contributed by atoms with Crippen molar-refractivity contribution in [1.29, 1.82) is 0 Å². The lowest BCUT2D eigenvalue weighted by molar-refractivity contribution is -0.274. The van der Waals surface area contributed by atoms with E-state index in [0.29, 0.717) is 55.2 Å². The van der Waals surface area contributed by atoms with Crippen LogP contribution in [0.4, 0.5) is 19.0 Å². The van der Waals surface area contributed by atoms with Crippen LogP contribution in [0.5, 0.6) is 11.5 Å². The van der Waals surface area contributed by atoms with Crippen LogP contribution < -0.4 is 15.2 Å². The highest BCUT2D eigenvalue weighted by molar-refractivity contribution is 5.97. The Labute approximate surface area is 191 Å². The van der Waals surface area contributed by atoms with Crippen molar-refractivity contribution in [2.75, 3.05) is 12.3 Å². The van der Waals surface area contributed by atoms with Crippen molar-refractivity contribution < 1.29 is 32.2 Å². The first kappa shape index (κ1) is 21.0. The first-order valence-corrected chi connectivity index (χ1v) is 10.8. The van der Waals surface area contributed by atoms with Crippen molar-refractivity contribution in [2.45, 2.75) is 44.6 Å². The Hall–Kier alpha value is -3.60. The van der Waals surface area contributed by atoms with E-state index in [-0.39, 0.29) is 29.5 Å². The molecule has 1 amide bonds. The number of benzene rings is 1. The number of carbonyl (C=O) groups is 1. The van der Waals surface area contributed by atoms with Crippen LogP contribution in [0.3, 0.4) is 0 Å². The number of pyridine rings is 2. The van der Waals surface area contributed by atoms with Gasteiger partial charge in [-0.25, -0.2) is 9.97 Å². The van der Waals surface area contributed by atoms with Crippen LogP contribution in [0.1, 0.15) is 46.1 Å². The second kappa shape index (κ2) is 7.45. The minimum absolute atomic E-state index is 0.195. The lowest BCUT2D eigenvalue weighted by atomic mass is 9.89. The molecule has 3 aliphatic rings. The van der Waals surface area contributed by atoms with E-state index in [9.17, 15) is 18.0 Å². The van der Waals surface area contributed by atoms with Gasteiger partial charge in [-0.3, -0.25) is 4.79 Å². The number of piperidine rings is 1. The summed E-state index contributed by atoms with van der Waals surface area (Å²) in [5, 5.41) is 0.774. The van der Waals surface area contributed by atoms with Crippen molar-refractivity contribution in [3.05, 3.63) is 52.8 Å². The number of ether oxygens (including phenoxy) is 3. The Morgan fingerprint density at radius 3 is 2.85 bits per heavy atom. The van der Waals surface area contributed by atoms with Gasteiger partial charge < -0.3 is 24.8 Å². The summed E-state index contributed by atoms with van der Waals surface area (Å²) in [6.45, 7) is 1.20. The van der Waals surface area contributed by atoms with E-state index in [4.69, 9.17) is 15.2 Å². The second-order valence-corrected chi connectivity index (χ2v) is 8.56. The molecule has 11 heteroatoms. The summed E-state index contributed by atoms with van der Waals surface area (Å²) >= 11 is 0. The number of halogens is 3. The van der Waals surface area contributed by atoms with Gasteiger partial charge in [0.05, 0.1) is 31.0 Å². The van der Waals surface area contributed by atoms with Crippen LogP contribution in [0, 0.1) is 0 Å². The SMILES string of the molecule is Nc1nc2cnc(C(=O)N3CC[C@@H]4C[C@H]3c3ccc(OC(F)(F)F)cc3O4)cc2c2c1COC2. The highest BCUT2D eigenvalue weighted by atomic mass is 19.4. The normalized spacial score (nSPS) is 21.1. The lowest BCUT2D eigenvalue weighted by Crippen LogP contribution is -2.46. The Balaban J connectivity index is 1.34. The maximum absolute atomic E-state index is 13.5. The summed E-state index contributed by atoms with van der Waals surface area (Å²) in [5.41, 5.74) is 9.25. The van der Waals surface area contributed by atoms with E-state index in [2.05, 4.69) is 14.7 Å². The smallest absolute Gasteiger partial charge is 0.490 e. The van der Waals surface area contributed by atoms with Gasteiger partial charge in [-0.1, -0.05) is 0 Å². The number of likely N-dealkylation sites (tertiary alicyclic amines) is 1. The zero-order valence-corrected chi connectivity index (χ0v) is 17.8. The topological polar surface area (TPSA) is 99.8 Å². The average Bonchev–Trinajstić information content (AvgIpc) is 3.29. The van der Waals surface area contributed by atoms with E-state index < -0.39 is 6.36 Å². The van der Waals surface area contributed by atoms with Crippen LogP contribution >= 0.6 is 0 Å². The van der Waals surface area contributed by atoms with Gasteiger partial charge in [0, 0.05) is 42.0 Å². The molecule has 34 heavy (non-hydrogen) atoms. The fraction of sp³-hybridized carbons (Fsp3) is 0.348.